The van der Waals surface area contributed by atoms with E-state index in [1.54, 1.807) is 0 Å². The minimum Gasteiger partial charge on any atom is -0.368 e. The number of nitrogens with one attached hydrogen (secondary N) is 2. The Bertz CT molecular complexity index is 629. The van der Waals surface area contributed by atoms with Crippen molar-refractivity contribution in [2.24, 2.45) is 0 Å². The van der Waals surface area contributed by atoms with Gasteiger partial charge < -0.3 is 10.6 Å². The van der Waals surface area contributed by atoms with Crippen LogP contribution < -0.4 is 10.6 Å². The van der Waals surface area contributed by atoms with Crippen LogP contribution in [-0.4, -0.2) is 22.4 Å². The Morgan fingerprint density at radius 2 is 2.29 bits per heavy atom. The van der Waals surface area contributed by atoms with Gasteiger partial charge in [0.1, 0.15) is 0 Å². The van der Waals surface area contributed by atoms with E-state index in [1.807, 2.05) is 19.2 Å². The second kappa shape index (κ2) is 7.12. The highest BCUT2D eigenvalue weighted by Crippen LogP contribution is 2.15. The molecule has 2 N–H and O–H groups in total. The summed E-state index contributed by atoms with van der Waals surface area (Å²) < 4.78 is 14.2. The zero-order chi connectivity index (χ0) is 15.2. The van der Waals surface area contributed by atoms with Gasteiger partial charge in [0, 0.05) is 18.1 Å². The van der Waals surface area contributed by atoms with Crippen LogP contribution in [0.1, 0.15) is 34.4 Å². The molecule has 2 heterocycles. The van der Waals surface area contributed by atoms with E-state index in [1.165, 1.54) is 23.6 Å². The molecule has 0 aromatic carbocycles. The van der Waals surface area contributed by atoms with Gasteiger partial charge in [0.05, 0.1) is 22.8 Å². The zero-order valence-electron chi connectivity index (χ0n) is 11.9. The minimum atomic E-state index is -0.627. The van der Waals surface area contributed by atoms with E-state index in [-0.39, 0.29) is 17.9 Å². The zero-order valence-corrected chi connectivity index (χ0v) is 12.8. The van der Waals surface area contributed by atoms with Crippen molar-refractivity contribution in [1.82, 2.24) is 15.3 Å². The average Bonchev–Trinajstić information content (AvgIpc) is 2.89. The van der Waals surface area contributed by atoms with Crippen molar-refractivity contribution in [1.29, 1.82) is 0 Å². The smallest absolute Gasteiger partial charge is 0.254 e. The van der Waals surface area contributed by atoms with E-state index in [0.717, 1.165) is 17.1 Å². The Kier molecular flexibility index (Phi) is 5.21. The third kappa shape index (κ3) is 3.98. The molecule has 0 radical (unpaired) electrons. The third-order valence-corrected chi connectivity index (χ3v) is 3.60. The molecule has 1 amide bonds. The van der Waals surface area contributed by atoms with Gasteiger partial charge in [-0.25, -0.2) is 14.4 Å². The van der Waals surface area contributed by atoms with Gasteiger partial charge in [-0.2, -0.15) is 0 Å². The molecule has 0 aliphatic rings. The molecular weight excluding hydrogens is 291 g/mol. The molecule has 2 aromatic heterocycles. The fourth-order valence-electron chi connectivity index (χ4n) is 1.74. The topological polar surface area (TPSA) is 66.9 Å². The molecule has 7 heteroatoms. The lowest BCUT2D eigenvalue weighted by Crippen LogP contribution is -2.24. The van der Waals surface area contributed by atoms with Gasteiger partial charge in [0.15, 0.2) is 11.6 Å². The maximum atomic E-state index is 14.2. The van der Waals surface area contributed by atoms with Gasteiger partial charge in [0.25, 0.3) is 5.91 Å². The van der Waals surface area contributed by atoms with E-state index < -0.39 is 11.7 Å². The van der Waals surface area contributed by atoms with Gasteiger partial charge in [-0.15, -0.1) is 11.3 Å². The summed E-state index contributed by atoms with van der Waals surface area (Å²) in [6.07, 6.45) is 2.27. The molecule has 0 saturated heterocycles. The maximum absolute atomic E-state index is 14.2. The van der Waals surface area contributed by atoms with Crippen LogP contribution in [0.25, 0.3) is 0 Å². The molecule has 0 aliphatic carbocycles. The lowest BCUT2D eigenvalue weighted by atomic mass is 10.2. The first kappa shape index (κ1) is 15.4. The van der Waals surface area contributed by atoms with Crippen molar-refractivity contribution in [3.8, 4) is 0 Å². The Balaban J connectivity index is 2.04. The molecule has 0 unspecified atom stereocenters. The van der Waals surface area contributed by atoms with Gasteiger partial charge in [0.2, 0.25) is 0 Å². The van der Waals surface area contributed by atoms with E-state index >= 15 is 0 Å². The van der Waals surface area contributed by atoms with Crippen LogP contribution in [-0.2, 0) is 6.54 Å². The van der Waals surface area contributed by atoms with Crippen LogP contribution in [0.15, 0.2) is 17.6 Å². The number of amides is 1. The number of carbonyl (C=O) groups is 1. The Hall–Kier alpha value is -2.02. The van der Waals surface area contributed by atoms with Crippen LogP contribution in [0.5, 0.6) is 0 Å². The van der Waals surface area contributed by atoms with Gasteiger partial charge in [-0.1, -0.05) is 6.92 Å². The summed E-state index contributed by atoms with van der Waals surface area (Å²) in [6.45, 7) is 4.75. The summed E-state index contributed by atoms with van der Waals surface area (Å²) in [5.74, 6) is -0.994. The predicted molar refractivity (Wildman–Crippen MR) is 81.0 cm³/mol. The molecule has 5 nitrogen and oxygen atoms in total. The standard InChI is InChI=1S/C14H17FN4OS/c1-3-5-16-13-12(15)11(4-6-17-13)14(20)18-7-10-8-21-9(2)19-10/h4,6,8H,3,5,7H2,1-2H3,(H,16,17)(H,18,20). The second-order valence-corrected chi connectivity index (χ2v) is 5.55. The molecule has 0 bridgehead atoms. The molecular formula is C14H17FN4OS. The Labute approximate surface area is 126 Å². The first-order chi connectivity index (χ1) is 10.1. The van der Waals surface area contributed by atoms with Crippen molar-refractivity contribution in [3.63, 3.8) is 0 Å². The summed E-state index contributed by atoms with van der Waals surface area (Å²) in [7, 11) is 0. The lowest BCUT2D eigenvalue weighted by Gasteiger charge is -2.09. The highest BCUT2D eigenvalue weighted by Gasteiger charge is 2.15. The van der Waals surface area contributed by atoms with E-state index in [4.69, 9.17) is 0 Å². The molecule has 21 heavy (non-hydrogen) atoms. The number of halogens is 1. The number of nitrogens with zero attached hydrogens (tertiary/aromatic N) is 2. The highest BCUT2D eigenvalue weighted by atomic mass is 32.1. The van der Waals surface area contributed by atoms with Crippen LogP contribution in [0.4, 0.5) is 10.2 Å². The van der Waals surface area contributed by atoms with Crippen LogP contribution >= 0.6 is 11.3 Å². The maximum Gasteiger partial charge on any atom is 0.254 e. The molecule has 2 rings (SSSR count). The second-order valence-electron chi connectivity index (χ2n) is 4.49. The van der Waals surface area contributed by atoms with Crippen molar-refractivity contribution in [2.45, 2.75) is 26.8 Å². The quantitative estimate of drug-likeness (QED) is 0.861. The summed E-state index contributed by atoms with van der Waals surface area (Å²) in [5, 5.41) is 8.32. The molecule has 0 saturated carbocycles. The van der Waals surface area contributed by atoms with Crippen molar-refractivity contribution >= 4 is 23.1 Å². The van der Waals surface area contributed by atoms with Crippen molar-refractivity contribution in [3.05, 3.63) is 39.7 Å². The fraction of sp³-hybridized carbons (Fsp3) is 0.357. The van der Waals surface area contributed by atoms with Gasteiger partial charge >= 0.3 is 0 Å². The molecule has 0 aliphatic heterocycles. The number of anilines is 1. The van der Waals surface area contributed by atoms with Crippen molar-refractivity contribution in [2.75, 3.05) is 11.9 Å². The first-order valence-electron chi connectivity index (χ1n) is 6.69. The summed E-state index contributed by atoms with van der Waals surface area (Å²) in [6, 6.07) is 1.37. The molecule has 2 aromatic rings. The predicted octanol–water partition coefficient (Wildman–Crippen LogP) is 2.74. The molecule has 0 atom stereocenters. The molecule has 0 fully saturated rings. The number of aryl methyl sites for hydroxylation is 1. The molecule has 112 valence electrons. The summed E-state index contributed by atoms with van der Waals surface area (Å²) in [4.78, 5) is 20.2. The number of hydrogen-bond donors (Lipinski definition) is 2. The van der Waals surface area contributed by atoms with Gasteiger partial charge in [-0.05, 0) is 19.4 Å². The number of rotatable bonds is 6. The fourth-order valence-corrected chi connectivity index (χ4v) is 2.35. The molecule has 0 spiro atoms. The van der Waals surface area contributed by atoms with Crippen molar-refractivity contribution < 1.29 is 9.18 Å². The minimum absolute atomic E-state index is 0.0180. The number of pyridine rings is 1. The van der Waals surface area contributed by atoms with Crippen LogP contribution in [0, 0.1) is 12.7 Å². The van der Waals surface area contributed by atoms with Crippen LogP contribution in [0.2, 0.25) is 0 Å². The normalized spacial score (nSPS) is 10.4. The first-order valence-corrected chi connectivity index (χ1v) is 7.57. The highest BCUT2D eigenvalue weighted by molar-refractivity contribution is 7.09. The van der Waals surface area contributed by atoms with E-state index in [0.29, 0.717) is 6.54 Å². The van der Waals surface area contributed by atoms with Crippen LogP contribution in [0.3, 0.4) is 0 Å². The monoisotopic (exact) mass is 308 g/mol. The Morgan fingerprint density at radius 1 is 1.48 bits per heavy atom. The lowest BCUT2D eigenvalue weighted by molar-refractivity contribution is 0.0946. The number of hydrogen-bond acceptors (Lipinski definition) is 5. The van der Waals surface area contributed by atoms with Gasteiger partial charge in [-0.3, -0.25) is 4.79 Å². The summed E-state index contributed by atoms with van der Waals surface area (Å²) >= 11 is 1.51. The number of carbonyl (C=O) groups excluding carboxylic acids is 1. The van der Waals surface area contributed by atoms with E-state index in [9.17, 15) is 9.18 Å². The Morgan fingerprint density at radius 3 is 2.95 bits per heavy atom. The average molecular weight is 308 g/mol. The number of thiazole rings is 1. The number of aromatic nitrogens is 2. The largest absolute Gasteiger partial charge is 0.368 e. The third-order valence-electron chi connectivity index (χ3n) is 2.77. The van der Waals surface area contributed by atoms with E-state index in [2.05, 4.69) is 20.6 Å². The summed E-state index contributed by atoms with van der Waals surface area (Å²) in [5.41, 5.74) is 0.750. The SMILES string of the molecule is CCCNc1nccc(C(=O)NCc2csc(C)n2)c1F.